The maximum atomic E-state index is 12.6. The number of aromatic nitrogens is 2. The van der Waals surface area contributed by atoms with Gasteiger partial charge in [0.25, 0.3) is 0 Å². The number of hydrogen-bond acceptors (Lipinski definition) is 4. The van der Waals surface area contributed by atoms with Crippen LogP contribution >= 0.6 is 0 Å². The molecule has 2 N–H and O–H groups in total. The van der Waals surface area contributed by atoms with Crippen LogP contribution < -0.4 is 5.73 Å². The Hall–Kier alpha value is -1.89. The summed E-state index contributed by atoms with van der Waals surface area (Å²) in [6, 6.07) is 4.79. The van der Waals surface area contributed by atoms with Gasteiger partial charge in [-0.05, 0) is 26.0 Å². The van der Waals surface area contributed by atoms with Crippen LogP contribution in [-0.4, -0.2) is 15.7 Å². The van der Waals surface area contributed by atoms with Crippen molar-refractivity contribution in [3.8, 4) is 11.4 Å². The van der Waals surface area contributed by atoms with Gasteiger partial charge in [0.15, 0.2) is 0 Å². The highest BCUT2D eigenvalue weighted by Crippen LogP contribution is 2.31. The summed E-state index contributed by atoms with van der Waals surface area (Å²) in [6.07, 6.45) is -4.05. The molecule has 1 aromatic carbocycles. The molecule has 1 aromatic heterocycles. The molecule has 0 aliphatic carbocycles. The summed E-state index contributed by atoms with van der Waals surface area (Å²) in [5.74, 6) is 0.417. The quantitative estimate of drug-likeness (QED) is 0.941. The fourth-order valence-electron chi connectivity index (χ4n) is 1.67. The molecule has 0 bridgehead atoms. The highest BCUT2D eigenvalue weighted by Gasteiger charge is 2.30. The van der Waals surface area contributed by atoms with Crippen molar-refractivity contribution >= 4 is 0 Å². The van der Waals surface area contributed by atoms with Crippen molar-refractivity contribution in [1.82, 2.24) is 10.1 Å². The van der Waals surface area contributed by atoms with Gasteiger partial charge in [0, 0.05) is 17.5 Å². The molecule has 0 radical (unpaired) electrons. The molecule has 0 unspecified atom stereocenters. The van der Waals surface area contributed by atoms with E-state index in [1.54, 1.807) is 13.8 Å². The highest BCUT2D eigenvalue weighted by atomic mass is 19.4. The highest BCUT2D eigenvalue weighted by molar-refractivity contribution is 5.55. The summed E-state index contributed by atoms with van der Waals surface area (Å²) in [6.45, 7) is 3.59. The van der Waals surface area contributed by atoms with E-state index in [1.807, 2.05) is 0 Å². The van der Waals surface area contributed by atoms with Crippen molar-refractivity contribution in [2.75, 3.05) is 0 Å². The predicted molar refractivity (Wildman–Crippen MR) is 66.7 cm³/mol. The predicted octanol–water partition coefficient (Wildman–Crippen LogP) is 3.04. The fourth-order valence-corrected chi connectivity index (χ4v) is 1.67. The minimum Gasteiger partial charge on any atom is -0.339 e. The number of nitrogens with zero attached hydrogens (tertiary/aromatic N) is 2. The van der Waals surface area contributed by atoms with Crippen LogP contribution in [0.3, 0.4) is 0 Å². The average Bonchev–Trinajstić information content (AvgIpc) is 2.74. The van der Waals surface area contributed by atoms with Gasteiger partial charge in [0.05, 0.1) is 5.56 Å². The van der Waals surface area contributed by atoms with Crippen molar-refractivity contribution in [1.29, 1.82) is 0 Å². The van der Waals surface area contributed by atoms with E-state index in [0.29, 0.717) is 12.3 Å². The van der Waals surface area contributed by atoms with Gasteiger partial charge < -0.3 is 10.3 Å². The zero-order valence-electron chi connectivity index (χ0n) is 11.0. The summed E-state index contributed by atoms with van der Waals surface area (Å²) in [5.41, 5.74) is 4.79. The third-order valence-electron chi connectivity index (χ3n) is 2.52. The van der Waals surface area contributed by atoms with Gasteiger partial charge in [0.2, 0.25) is 11.7 Å². The molecule has 0 amide bonds. The van der Waals surface area contributed by atoms with Gasteiger partial charge in [0.1, 0.15) is 0 Å². The molecule has 0 spiro atoms. The first-order chi connectivity index (χ1) is 9.15. The molecule has 0 saturated heterocycles. The summed E-state index contributed by atoms with van der Waals surface area (Å²) in [5, 5.41) is 3.68. The van der Waals surface area contributed by atoms with Crippen LogP contribution in [0.4, 0.5) is 13.2 Å². The Morgan fingerprint density at radius 1 is 1.25 bits per heavy atom. The lowest BCUT2D eigenvalue weighted by molar-refractivity contribution is -0.137. The molecule has 2 rings (SSSR count). The maximum absolute atomic E-state index is 12.6. The van der Waals surface area contributed by atoms with Crippen molar-refractivity contribution in [3.63, 3.8) is 0 Å². The van der Waals surface area contributed by atoms with E-state index < -0.39 is 17.3 Å². The van der Waals surface area contributed by atoms with E-state index in [0.717, 1.165) is 12.1 Å². The number of halogens is 3. The Bertz CT molecular complexity index is 599. The summed E-state index contributed by atoms with van der Waals surface area (Å²) < 4.78 is 42.9. The second-order valence-corrected chi connectivity index (χ2v) is 5.26. The number of rotatable bonds is 3. The van der Waals surface area contributed by atoms with Crippen LogP contribution in [-0.2, 0) is 12.6 Å². The van der Waals surface area contributed by atoms with Crippen molar-refractivity contribution < 1.29 is 17.7 Å². The molecule has 0 fully saturated rings. The van der Waals surface area contributed by atoms with E-state index in [-0.39, 0.29) is 11.4 Å². The molecule has 0 aliphatic rings. The SMILES string of the molecule is CC(C)(N)Cc1nc(-c2cccc(C(F)(F)F)c2)no1. The van der Waals surface area contributed by atoms with Gasteiger partial charge in [-0.1, -0.05) is 17.3 Å². The topological polar surface area (TPSA) is 64.9 Å². The standard InChI is InChI=1S/C13H14F3N3O/c1-12(2,17)7-10-18-11(19-20-10)8-4-3-5-9(6-8)13(14,15)16/h3-6H,7,17H2,1-2H3. The molecule has 1 heterocycles. The zero-order chi connectivity index (χ0) is 15.0. The summed E-state index contributed by atoms with van der Waals surface area (Å²) in [4.78, 5) is 4.06. The third-order valence-corrected chi connectivity index (χ3v) is 2.52. The van der Waals surface area contributed by atoms with Crippen molar-refractivity contribution in [2.24, 2.45) is 5.73 Å². The smallest absolute Gasteiger partial charge is 0.339 e. The van der Waals surface area contributed by atoms with Gasteiger partial charge in [-0.2, -0.15) is 18.2 Å². The summed E-state index contributed by atoms with van der Waals surface area (Å²) in [7, 11) is 0. The Morgan fingerprint density at radius 2 is 1.95 bits per heavy atom. The van der Waals surface area contributed by atoms with E-state index >= 15 is 0 Å². The van der Waals surface area contributed by atoms with Gasteiger partial charge >= 0.3 is 6.18 Å². The Balaban J connectivity index is 2.29. The van der Waals surface area contributed by atoms with Crippen LogP contribution in [0.25, 0.3) is 11.4 Å². The fraction of sp³-hybridized carbons (Fsp3) is 0.385. The number of hydrogen-bond donors (Lipinski definition) is 1. The molecule has 2 aromatic rings. The van der Waals surface area contributed by atoms with Crippen LogP contribution in [0.15, 0.2) is 28.8 Å². The normalized spacial score (nSPS) is 12.7. The molecule has 20 heavy (non-hydrogen) atoms. The lowest BCUT2D eigenvalue weighted by Crippen LogP contribution is -2.34. The van der Waals surface area contributed by atoms with Crippen molar-refractivity contribution in [3.05, 3.63) is 35.7 Å². The molecular formula is C13H14F3N3O. The van der Waals surface area contributed by atoms with Crippen molar-refractivity contribution in [2.45, 2.75) is 32.0 Å². The lowest BCUT2D eigenvalue weighted by atomic mass is 10.0. The van der Waals surface area contributed by atoms with E-state index in [9.17, 15) is 13.2 Å². The monoisotopic (exact) mass is 285 g/mol. The van der Waals surface area contributed by atoms with Gasteiger partial charge in [-0.3, -0.25) is 0 Å². The van der Waals surface area contributed by atoms with Gasteiger partial charge in [-0.15, -0.1) is 0 Å². The first-order valence-corrected chi connectivity index (χ1v) is 5.94. The third kappa shape index (κ3) is 3.57. The maximum Gasteiger partial charge on any atom is 0.416 e. The molecular weight excluding hydrogens is 271 g/mol. The summed E-state index contributed by atoms with van der Waals surface area (Å²) >= 11 is 0. The second kappa shape index (κ2) is 4.90. The molecule has 0 atom stereocenters. The van der Waals surface area contributed by atoms with E-state index in [1.165, 1.54) is 12.1 Å². The first-order valence-electron chi connectivity index (χ1n) is 5.94. The molecule has 4 nitrogen and oxygen atoms in total. The first kappa shape index (κ1) is 14.5. The minimum atomic E-state index is -4.40. The average molecular weight is 285 g/mol. The van der Waals surface area contributed by atoms with E-state index in [4.69, 9.17) is 10.3 Å². The molecule has 108 valence electrons. The van der Waals surface area contributed by atoms with E-state index in [2.05, 4.69) is 10.1 Å². The molecule has 7 heteroatoms. The van der Waals surface area contributed by atoms with Crippen LogP contribution in [0.2, 0.25) is 0 Å². The number of alkyl halides is 3. The zero-order valence-corrected chi connectivity index (χ0v) is 11.0. The lowest BCUT2D eigenvalue weighted by Gasteiger charge is -2.14. The Kier molecular flexibility index (Phi) is 3.56. The Morgan fingerprint density at radius 3 is 2.55 bits per heavy atom. The largest absolute Gasteiger partial charge is 0.416 e. The number of nitrogens with two attached hydrogens (primary N) is 1. The van der Waals surface area contributed by atoms with Gasteiger partial charge in [-0.25, -0.2) is 0 Å². The second-order valence-electron chi connectivity index (χ2n) is 5.26. The minimum absolute atomic E-state index is 0.121. The molecule has 0 saturated carbocycles. The van der Waals surface area contributed by atoms with Crippen LogP contribution in [0.1, 0.15) is 25.3 Å². The van der Waals surface area contributed by atoms with Crippen LogP contribution in [0, 0.1) is 0 Å². The Labute approximate surface area is 113 Å². The number of benzene rings is 1. The van der Waals surface area contributed by atoms with Crippen LogP contribution in [0.5, 0.6) is 0 Å². The molecule has 0 aliphatic heterocycles.